The fourth-order valence-electron chi connectivity index (χ4n) is 3.08. The van der Waals surface area contributed by atoms with Gasteiger partial charge in [0, 0.05) is 25.7 Å². The predicted octanol–water partition coefficient (Wildman–Crippen LogP) is 1.13. The summed E-state index contributed by atoms with van der Waals surface area (Å²) in [5, 5.41) is 0. The van der Waals surface area contributed by atoms with Crippen LogP contribution in [0.15, 0.2) is 35.2 Å². The van der Waals surface area contributed by atoms with Crippen LogP contribution >= 0.6 is 0 Å². The van der Waals surface area contributed by atoms with Crippen LogP contribution in [0.2, 0.25) is 0 Å². The summed E-state index contributed by atoms with van der Waals surface area (Å²) in [5.41, 5.74) is 0. The van der Waals surface area contributed by atoms with E-state index in [-0.39, 0.29) is 22.9 Å². The molecule has 2 fully saturated rings. The summed E-state index contributed by atoms with van der Waals surface area (Å²) in [6, 6.07) is 8.23. The van der Waals surface area contributed by atoms with Crippen LogP contribution in [0.5, 0.6) is 0 Å². The number of nitrogens with one attached hydrogen (secondary N) is 1. The molecule has 2 aliphatic rings. The maximum absolute atomic E-state index is 12.3. The molecule has 0 unspecified atom stereocenters. The first-order valence-corrected chi connectivity index (χ1v) is 9.52. The molecule has 1 atom stereocenters. The zero-order valence-corrected chi connectivity index (χ0v) is 13.8. The van der Waals surface area contributed by atoms with E-state index in [1.807, 2.05) is 0 Å². The van der Waals surface area contributed by atoms with Crippen molar-refractivity contribution in [2.45, 2.75) is 42.7 Å². The van der Waals surface area contributed by atoms with E-state index in [2.05, 4.69) is 4.72 Å². The molecule has 23 heavy (non-hydrogen) atoms. The second-order valence-corrected chi connectivity index (χ2v) is 7.75. The van der Waals surface area contributed by atoms with Crippen LogP contribution in [-0.4, -0.2) is 51.1 Å². The van der Waals surface area contributed by atoms with Crippen molar-refractivity contribution in [3.05, 3.63) is 30.3 Å². The van der Waals surface area contributed by atoms with Crippen molar-refractivity contribution in [3.8, 4) is 0 Å². The van der Waals surface area contributed by atoms with Gasteiger partial charge in [-0.3, -0.25) is 4.79 Å². The molecule has 0 radical (unpaired) electrons. The number of sulfonamides is 1. The molecule has 1 aromatic carbocycles. The van der Waals surface area contributed by atoms with Crippen molar-refractivity contribution in [2.24, 2.45) is 0 Å². The number of likely N-dealkylation sites (tertiary alicyclic amines) is 1. The smallest absolute Gasteiger partial charge is 0.251 e. The maximum Gasteiger partial charge on any atom is 0.251 e. The monoisotopic (exact) mass is 338 g/mol. The molecule has 0 spiro atoms. The minimum Gasteiger partial charge on any atom is -0.368 e. The van der Waals surface area contributed by atoms with Crippen LogP contribution in [0.25, 0.3) is 0 Å². The van der Waals surface area contributed by atoms with Crippen LogP contribution in [0.1, 0.15) is 25.7 Å². The molecule has 0 bridgehead atoms. The van der Waals surface area contributed by atoms with Gasteiger partial charge in [0.2, 0.25) is 10.0 Å². The summed E-state index contributed by atoms with van der Waals surface area (Å²) in [6.45, 7) is 1.80. The fraction of sp³-hybridized carbons (Fsp3) is 0.562. The van der Waals surface area contributed by atoms with E-state index in [0.29, 0.717) is 32.5 Å². The molecule has 126 valence electrons. The standard InChI is InChI=1S/C16H22N2O4S/c19-16(15-7-4-12-22-15)18-10-8-13(9-11-18)17-23(20,21)14-5-2-1-3-6-14/h1-3,5-6,13,15,17H,4,7-12H2/t15-/m0/s1. The number of nitrogens with zero attached hydrogens (tertiary/aromatic N) is 1. The highest BCUT2D eigenvalue weighted by atomic mass is 32.2. The third-order valence-corrected chi connectivity index (χ3v) is 5.92. The molecule has 0 aliphatic carbocycles. The zero-order valence-electron chi connectivity index (χ0n) is 13.0. The van der Waals surface area contributed by atoms with Crippen molar-refractivity contribution in [1.82, 2.24) is 9.62 Å². The Morgan fingerprint density at radius 1 is 1.13 bits per heavy atom. The second-order valence-electron chi connectivity index (χ2n) is 6.04. The summed E-state index contributed by atoms with van der Waals surface area (Å²) in [5.74, 6) is 0.0480. The molecule has 1 amide bonds. The van der Waals surface area contributed by atoms with E-state index in [9.17, 15) is 13.2 Å². The highest BCUT2D eigenvalue weighted by molar-refractivity contribution is 7.89. The molecule has 2 heterocycles. The first kappa shape index (κ1) is 16.4. The van der Waals surface area contributed by atoms with Crippen molar-refractivity contribution in [2.75, 3.05) is 19.7 Å². The fourth-order valence-corrected chi connectivity index (χ4v) is 4.41. The van der Waals surface area contributed by atoms with Crippen molar-refractivity contribution >= 4 is 15.9 Å². The maximum atomic E-state index is 12.3. The van der Waals surface area contributed by atoms with Crippen molar-refractivity contribution in [3.63, 3.8) is 0 Å². The average Bonchev–Trinajstić information content (AvgIpc) is 3.10. The molecule has 6 nitrogen and oxygen atoms in total. The quantitative estimate of drug-likeness (QED) is 0.893. The van der Waals surface area contributed by atoms with E-state index in [1.165, 1.54) is 0 Å². The summed E-state index contributed by atoms with van der Waals surface area (Å²) in [4.78, 5) is 14.3. The molecular weight excluding hydrogens is 316 g/mol. The van der Waals surface area contributed by atoms with E-state index in [0.717, 1.165) is 12.8 Å². The SMILES string of the molecule is O=C([C@@H]1CCCO1)N1CCC(NS(=O)(=O)c2ccccc2)CC1. The van der Waals surface area contributed by atoms with Crippen LogP contribution in [0.3, 0.4) is 0 Å². The molecule has 1 N–H and O–H groups in total. The summed E-state index contributed by atoms with van der Waals surface area (Å²) in [6.07, 6.45) is 2.69. The number of ether oxygens (including phenoxy) is 1. The molecule has 0 saturated carbocycles. The number of benzene rings is 1. The van der Waals surface area contributed by atoms with Crippen LogP contribution in [0, 0.1) is 0 Å². The lowest BCUT2D eigenvalue weighted by Crippen LogP contribution is -2.49. The Labute approximate surface area is 136 Å². The highest BCUT2D eigenvalue weighted by Gasteiger charge is 2.32. The first-order chi connectivity index (χ1) is 11.1. The second kappa shape index (κ2) is 6.98. The van der Waals surface area contributed by atoms with Crippen LogP contribution < -0.4 is 4.72 Å². The molecule has 0 aromatic heterocycles. The summed E-state index contributed by atoms with van der Waals surface area (Å²) < 4.78 is 32.8. The Kier molecular flexibility index (Phi) is 4.99. The van der Waals surface area contributed by atoms with Crippen LogP contribution in [-0.2, 0) is 19.6 Å². The van der Waals surface area contributed by atoms with Gasteiger partial charge in [0.25, 0.3) is 5.91 Å². The van der Waals surface area contributed by atoms with Gasteiger partial charge in [-0.05, 0) is 37.8 Å². The van der Waals surface area contributed by atoms with Gasteiger partial charge in [-0.15, -0.1) is 0 Å². The minimum atomic E-state index is -3.49. The molecule has 7 heteroatoms. The van der Waals surface area contributed by atoms with Gasteiger partial charge >= 0.3 is 0 Å². The number of hydrogen-bond donors (Lipinski definition) is 1. The normalized spacial score (nSPS) is 23.1. The van der Waals surface area contributed by atoms with E-state index >= 15 is 0 Å². The van der Waals surface area contributed by atoms with Crippen molar-refractivity contribution < 1.29 is 17.9 Å². The Hall–Kier alpha value is -1.44. The number of carbonyl (C=O) groups is 1. The van der Waals surface area contributed by atoms with Gasteiger partial charge in [0.15, 0.2) is 0 Å². The Morgan fingerprint density at radius 2 is 1.83 bits per heavy atom. The first-order valence-electron chi connectivity index (χ1n) is 8.04. The predicted molar refractivity (Wildman–Crippen MR) is 85.3 cm³/mol. The third-order valence-electron chi connectivity index (χ3n) is 4.39. The molecule has 3 rings (SSSR count). The molecule has 2 saturated heterocycles. The lowest BCUT2D eigenvalue weighted by atomic mass is 10.1. The van der Waals surface area contributed by atoms with Crippen molar-refractivity contribution in [1.29, 1.82) is 0 Å². The minimum absolute atomic E-state index is 0.0480. The van der Waals surface area contributed by atoms with E-state index in [4.69, 9.17) is 4.74 Å². The lowest BCUT2D eigenvalue weighted by Gasteiger charge is -2.33. The van der Waals surface area contributed by atoms with E-state index < -0.39 is 10.0 Å². The van der Waals surface area contributed by atoms with Gasteiger partial charge < -0.3 is 9.64 Å². The topological polar surface area (TPSA) is 75.7 Å². The molecule has 2 aliphatic heterocycles. The number of piperidine rings is 1. The summed E-state index contributed by atoms with van der Waals surface area (Å²) >= 11 is 0. The number of carbonyl (C=O) groups excluding carboxylic acids is 1. The lowest BCUT2D eigenvalue weighted by molar-refractivity contribution is -0.142. The molecule has 1 aromatic rings. The van der Waals surface area contributed by atoms with Crippen LogP contribution in [0.4, 0.5) is 0 Å². The third kappa shape index (κ3) is 3.91. The Morgan fingerprint density at radius 3 is 2.43 bits per heavy atom. The number of rotatable bonds is 4. The van der Waals surface area contributed by atoms with Gasteiger partial charge in [-0.1, -0.05) is 18.2 Å². The van der Waals surface area contributed by atoms with E-state index in [1.54, 1.807) is 35.2 Å². The zero-order chi connectivity index (χ0) is 16.3. The molecular formula is C16H22N2O4S. The van der Waals surface area contributed by atoms with Gasteiger partial charge in [-0.25, -0.2) is 13.1 Å². The Balaban J connectivity index is 1.54. The Bertz CT molecular complexity index is 633. The largest absolute Gasteiger partial charge is 0.368 e. The summed E-state index contributed by atoms with van der Waals surface area (Å²) in [7, 11) is -3.49. The highest BCUT2D eigenvalue weighted by Crippen LogP contribution is 2.19. The van der Waals surface area contributed by atoms with Gasteiger partial charge in [0.05, 0.1) is 4.90 Å². The van der Waals surface area contributed by atoms with Gasteiger partial charge in [0.1, 0.15) is 6.10 Å². The van der Waals surface area contributed by atoms with Gasteiger partial charge in [-0.2, -0.15) is 0 Å². The average molecular weight is 338 g/mol. The number of amides is 1. The number of hydrogen-bond acceptors (Lipinski definition) is 4.